The first-order valence-electron chi connectivity index (χ1n) is 6.21. The summed E-state index contributed by atoms with van der Waals surface area (Å²) in [6, 6.07) is 0. The molecule has 0 unspecified atom stereocenters. The van der Waals surface area contributed by atoms with Crippen LogP contribution in [-0.2, 0) is 0 Å². The molecule has 0 heterocycles. The SMILES string of the molecule is C=C\C=C/C(=C\C)C(/C=C)=C/C=C.CC.CC. The van der Waals surface area contributed by atoms with Gasteiger partial charge in [0.25, 0.3) is 0 Å². The minimum Gasteiger partial charge on any atom is -0.0991 e. The van der Waals surface area contributed by atoms with E-state index < -0.39 is 0 Å². The Morgan fingerprint density at radius 3 is 1.65 bits per heavy atom. The fourth-order valence-corrected chi connectivity index (χ4v) is 0.940. The lowest BCUT2D eigenvalue weighted by Crippen LogP contribution is -1.80. The molecule has 0 bridgehead atoms. The van der Waals surface area contributed by atoms with Crippen LogP contribution >= 0.6 is 0 Å². The Morgan fingerprint density at radius 1 is 0.824 bits per heavy atom. The molecule has 0 saturated carbocycles. The normalized spacial score (nSPS) is 10.6. The lowest BCUT2D eigenvalue weighted by molar-refractivity contribution is 1.50. The quantitative estimate of drug-likeness (QED) is 0.508. The van der Waals surface area contributed by atoms with Gasteiger partial charge in [0.1, 0.15) is 0 Å². The van der Waals surface area contributed by atoms with Gasteiger partial charge in [0.2, 0.25) is 0 Å². The Balaban J connectivity index is -0.000000439. The second-order valence-corrected chi connectivity index (χ2v) is 2.40. The average Bonchev–Trinajstić information content (AvgIpc) is 2.42. The molecule has 96 valence electrons. The van der Waals surface area contributed by atoms with E-state index in [0.29, 0.717) is 0 Å². The summed E-state index contributed by atoms with van der Waals surface area (Å²) in [5, 5.41) is 0. The second kappa shape index (κ2) is 19.9. The van der Waals surface area contributed by atoms with Crippen molar-refractivity contribution >= 4 is 0 Å². The van der Waals surface area contributed by atoms with Gasteiger partial charge < -0.3 is 0 Å². The van der Waals surface area contributed by atoms with Crippen molar-refractivity contribution in [3.63, 3.8) is 0 Å². The van der Waals surface area contributed by atoms with Gasteiger partial charge in [0.15, 0.2) is 0 Å². The number of allylic oxidation sites excluding steroid dienone is 9. The summed E-state index contributed by atoms with van der Waals surface area (Å²) in [4.78, 5) is 0. The first kappa shape index (κ1) is 20.8. The zero-order valence-electron chi connectivity index (χ0n) is 12.2. The van der Waals surface area contributed by atoms with E-state index in [-0.39, 0.29) is 0 Å². The highest BCUT2D eigenvalue weighted by atomic mass is 14.0. The molecular formula is C17H28. The van der Waals surface area contributed by atoms with Crippen LogP contribution < -0.4 is 0 Å². The van der Waals surface area contributed by atoms with Crippen molar-refractivity contribution in [3.05, 3.63) is 73.4 Å². The molecule has 0 nitrogen and oxygen atoms in total. The summed E-state index contributed by atoms with van der Waals surface area (Å²) in [5.74, 6) is 0. The van der Waals surface area contributed by atoms with Crippen molar-refractivity contribution in [2.24, 2.45) is 0 Å². The van der Waals surface area contributed by atoms with Crippen LogP contribution in [0.25, 0.3) is 0 Å². The van der Waals surface area contributed by atoms with Gasteiger partial charge in [-0.1, -0.05) is 90.0 Å². The fraction of sp³-hybridized carbons (Fsp3) is 0.294. The predicted molar refractivity (Wildman–Crippen MR) is 84.3 cm³/mol. The molecular weight excluding hydrogens is 204 g/mol. The third kappa shape index (κ3) is 12.4. The average molecular weight is 232 g/mol. The molecule has 0 atom stereocenters. The maximum atomic E-state index is 3.74. The smallest absolute Gasteiger partial charge is 0.0193 e. The van der Waals surface area contributed by atoms with Crippen LogP contribution in [0.1, 0.15) is 34.6 Å². The number of rotatable bonds is 5. The first-order chi connectivity index (χ1) is 8.29. The molecule has 0 aliphatic rings. The van der Waals surface area contributed by atoms with Gasteiger partial charge in [0, 0.05) is 0 Å². The van der Waals surface area contributed by atoms with E-state index in [1.807, 2.05) is 65.0 Å². The summed E-state index contributed by atoms with van der Waals surface area (Å²) in [6.45, 7) is 21.0. The molecule has 0 aliphatic heterocycles. The Morgan fingerprint density at radius 2 is 1.35 bits per heavy atom. The molecule has 0 saturated heterocycles. The fourth-order valence-electron chi connectivity index (χ4n) is 0.940. The van der Waals surface area contributed by atoms with E-state index in [0.717, 1.165) is 11.1 Å². The van der Waals surface area contributed by atoms with E-state index >= 15 is 0 Å². The minimum absolute atomic E-state index is 1.07. The monoisotopic (exact) mass is 232 g/mol. The van der Waals surface area contributed by atoms with E-state index in [4.69, 9.17) is 0 Å². The standard InChI is InChI=1S/C13H16.2C2H6/c1-5-9-11-13(8-4)12(7-3)10-6-2;2*1-2/h5-11H,1-3H2,4H3;2*1-2H3/b11-9-,12-10+,13-8+;;. The first-order valence-corrected chi connectivity index (χ1v) is 6.21. The molecule has 0 heteroatoms. The summed E-state index contributed by atoms with van der Waals surface area (Å²) < 4.78 is 0. The van der Waals surface area contributed by atoms with Crippen molar-refractivity contribution in [2.75, 3.05) is 0 Å². The van der Waals surface area contributed by atoms with Crippen LogP contribution in [0.5, 0.6) is 0 Å². The number of hydrogen-bond acceptors (Lipinski definition) is 0. The summed E-state index contributed by atoms with van der Waals surface area (Å²) in [5.41, 5.74) is 2.19. The van der Waals surface area contributed by atoms with E-state index in [1.54, 1.807) is 12.2 Å². The molecule has 0 aliphatic carbocycles. The lowest BCUT2D eigenvalue weighted by Gasteiger charge is -2.00. The predicted octanol–water partition coefficient (Wildman–Crippen LogP) is 6.03. The van der Waals surface area contributed by atoms with Crippen molar-refractivity contribution in [1.29, 1.82) is 0 Å². The highest BCUT2D eigenvalue weighted by Crippen LogP contribution is 2.12. The summed E-state index contributed by atoms with van der Waals surface area (Å²) >= 11 is 0. The van der Waals surface area contributed by atoms with Gasteiger partial charge >= 0.3 is 0 Å². The molecule has 0 aromatic carbocycles. The largest absolute Gasteiger partial charge is 0.0991 e. The van der Waals surface area contributed by atoms with Gasteiger partial charge in [0.05, 0.1) is 0 Å². The summed E-state index contributed by atoms with van der Waals surface area (Å²) in [6.07, 6.45) is 13.2. The molecule has 0 N–H and O–H groups in total. The highest BCUT2D eigenvalue weighted by Gasteiger charge is 1.93. The number of hydrogen-bond donors (Lipinski definition) is 0. The molecule has 0 aromatic heterocycles. The topological polar surface area (TPSA) is 0 Å². The molecule has 17 heavy (non-hydrogen) atoms. The zero-order valence-corrected chi connectivity index (χ0v) is 12.2. The third-order valence-corrected chi connectivity index (χ3v) is 1.57. The van der Waals surface area contributed by atoms with Crippen LogP contribution in [0, 0.1) is 0 Å². The Labute approximate surface area is 108 Å². The molecule has 0 amide bonds. The Kier molecular flexibility index (Phi) is 24.4. The molecule has 0 radical (unpaired) electrons. The summed E-state index contributed by atoms with van der Waals surface area (Å²) in [7, 11) is 0. The van der Waals surface area contributed by atoms with Gasteiger partial charge in [-0.05, 0) is 18.1 Å². The van der Waals surface area contributed by atoms with Crippen molar-refractivity contribution in [1.82, 2.24) is 0 Å². The Bertz CT molecular complexity index is 272. The van der Waals surface area contributed by atoms with Crippen LogP contribution in [0.15, 0.2) is 73.4 Å². The second-order valence-electron chi connectivity index (χ2n) is 2.40. The van der Waals surface area contributed by atoms with Crippen LogP contribution in [-0.4, -0.2) is 0 Å². The van der Waals surface area contributed by atoms with Crippen molar-refractivity contribution < 1.29 is 0 Å². The molecule has 0 aromatic rings. The Hall–Kier alpha value is -1.56. The van der Waals surface area contributed by atoms with Crippen molar-refractivity contribution in [2.45, 2.75) is 34.6 Å². The molecule has 0 rings (SSSR count). The van der Waals surface area contributed by atoms with Gasteiger partial charge in [-0.2, -0.15) is 0 Å². The van der Waals surface area contributed by atoms with Crippen LogP contribution in [0.3, 0.4) is 0 Å². The van der Waals surface area contributed by atoms with Gasteiger partial charge in [-0.3, -0.25) is 0 Å². The van der Waals surface area contributed by atoms with E-state index in [9.17, 15) is 0 Å². The van der Waals surface area contributed by atoms with Crippen LogP contribution in [0.2, 0.25) is 0 Å². The van der Waals surface area contributed by atoms with E-state index in [1.165, 1.54) is 0 Å². The van der Waals surface area contributed by atoms with E-state index in [2.05, 4.69) is 19.7 Å². The van der Waals surface area contributed by atoms with Gasteiger partial charge in [-0.25, -0.2) is 0 Å². The van der Waals surface area contributed by atoms with Gasteiger partial charge in [-0.15, -0.1) is 0 Å². The van der Waals surface area contributed by atoms with Crippen molar-refractivity contribution in [3.8, 4) is 0 Å². The highest BCUT2D eigenvalue weighted by molar-refractivity contribution is 5.47. The van der Waals surface area contributed by atoms with Crippen LogP contribution in [0.4, 0.5) is 0 Å². The maximum Gasteiger partial charge on any atom is -0.0193 e. The lowest BCUT2D eigenvalue weighted by atomic mass is 10.1. The minimum atomic E-state index is 1.07. The molecule has 0 spiro atoms. The molecule has 0 fully saturated rings. The maximum absolute atomic E-state index is 3.74. The third-order valence-electron chi connectivity index (χ3n) is 1.57. The zero-order chi connectivity index (χ0) is 14.1.